The first-order valence-electron chi connectivity index (χ1n) is 9.33. The van der Waals surface area contributed by atoms with Crippen LogP contribution in [0.5, 0.6) is 0 Å². The zero-order chi connectivity index (χ0) is 21.1. The fourth-order valence-corrected chi connectivity index (χ4v) is 4.31. The van der Waals surface area contributed by atoms with Crippen molar-refractivity contribution < 1.29 is 4.79 Å². The molecule has 0 atom stereocenters. The van der Waals surface area contributed by atoms with Gasteiger partial charge in [-0.15, -0.1) is 11.3 Å². The molecule has 5 nitrogen and oxygen atoms in total. The summed E-state index contributed by atoms with van der Waals surface area (Å²) in [6.45, 7) is 0.883. The van der Waals surface area contributed by atoms with E-state index >= 15 is 0 Å². The number of fused-ring (bicyclic) bond motifs is 1. The molecule has 0 bridgehead atoms. The van der Waals surface area contributed by atoms with Crippen LogP contribution in [0.4, 0.5) is 0 Å². The van der Waals surface area contributed by atoms with Crippen LogP contribution in [0.1, 0.15) is 21.5 Å². The van der Waals surface area contributed by atoms with E-state index in [-0.39, 0.29) is 11.5 Å². The lowest BCUT2D eigenvalue weighted by molar-refractivity contribution is 0.0954. The molecule has 0 radical (unpaired) electrons. The average molecular weight is 456 g/mol. The van der Waals surface area contributed by atoms with Gasteiger partial charge in [0.1, 0.15) is 4.70 Å². The summed E-state index contributed by atoms with van der Waals surface area (Å²) in [7, 11) is 0. The molecule has 0 unspecified atom stereocenters. The second kappa shape index (κ2) is 8.95. The molecule has 0 fully saturated rings. The lowest BCUT2D eigenvalue weighted by atomic mass is 10.1. The standard InChI is InChI=1S/C22H18ClN3O2S2/c23-17-7-3-14(4-8-17)9-11-24-20(27)16-5-1-15(2-6-16)13-26-21(28)19-18(10-12-30-19)25-22(26)29/h1-8,10,12H,9,11,13H2,(H,24,27)(H,25,29). The van der Waals surface area contributed by atoms with E-state index in [4.69, 9.17) is 23.8 Å². The second-order valence-electron chi connectivity index (χ2n) is 6.81. The van der Waals surface area contributed by atoms with Crippen molar-refractivity contribution in [2.45, 2.75) is 13.0 Å². The van der Waals surface area contributed by atoms with Gasteiger partial charge < -0.3 is 10.3 Å². The van der Waals surface area contributed by atoms with E-state index in [9.17, 15) is 9.59 Å². The Morgan fingerprint density at radius 1 is 1.07 bits per heavy atom. The predicted octanol–water partition coefficient (Wildman–Crippen LogP) is 4.79. The number of carbonyl (C=O) groups excluding carboxylic acids is 1. The average Bonchev–Trinajstić information content (AvgIpc) is 3.21. The normalized spacial score (nSPS) is 11.0. The Balaban J connectivity index is 1.40. The molecule has 8 heteroatoms. The number of aromatic nitrogens is 2. The SMILES string of the molecule is O=C(NCCc1ccc(Cl)cc1)c1ccc(Cn2c(=S)[nH]c3ccsc3c2=O)cc1. The number of nitrogens with zero attached hydrogens (tertiary/aromatic N) is 1. The number of hydrogen-bond donors (Lipinski definition) is 2. The summed E-state index contributed by atoms with van der Waals surface area (Å²) in [6.07, 6.45) is 0.729. The summed E-state index contributed by atoms with van der Waals surface area (Å²) in [6, 6.07) is 16.6. The molecule has 4 rings (SSSR count). The van der Waals surface area contributed by atoms with E-state index in [1.54, 1.807) is 12.1 Å². The van der Waals surface area contributed by atoms with Gasteiger partial charge in [-0.25, -0.2) is 0 Å². The van der Waals surface area contributed by atoms with Crippen molar-refractivity contribution in [3.63, 3.8) is 0 Å². The number of hydrogen-bond acceptors (Lipinski definition) is 4. The third-order valence-electron chi connectivity index (χ3n) is 4.76. The molecule has 2 N–H and O–H groups in total. The van der Waals surface area contributed by atoms with Gasteiger partial charge in [-0.05, 0) is 65.5 Å². The van der Waals surface area contributed by atoms with Crippen LogP contribution < -0.4 is 10.9 Å². The molecule has 0 aliphatic heterocycles. The van der Waals surface area contributed by atoms with Gasteiger partial charge in [0.15, 0.2) is 4.77 Å². The zero-order valence-electron chi connectivity index (χ0n) is 15.9. The van der Waals surface area contributed by atoms with Gasteiger partial charge in [0.25, 0.3) is 11.5 Å². The highest BCUT2D eigenvalue weighted by Gasteiger charge is 2.09. The first-order chi connectivity index (χ1) is 14.5. The Labute approximate surface area is 187 Å². The minimum atomic E-state index is -0.134. The van der Waals surface area contributed by atoms with Gasteiger partial charge in [-0.2, -0.15) is 0 Å². The van der Waals surface area contributed by atoms with Crippen molar-refractivity contribution in [3.05, 3.63) is 96.8 Å². The number of amides is 1. The molecular formula is C22H18ClN3O2S2. The Morgan fingerprint density at radius 3 is 2.50 bits per heavy atom. The van der Waals surface area contributed by atoms with Gasteiger partial charge in [0, 0.05) is 17.1 Å². The fraction of sp³-hybridized carbons (Fsp3) is 0.136. The summed E-state index contributed by atoms with van der Waals surface area (Å²) in [5.41, 5.74) is 3.23. The molecular weight excluding hydrogens is 438 g/mol. The highest BCUT2D eigenvalue weighted by molar-refractivity contribution is 7.71. The van der Waals surface area contributed by atoms with E-state index in [1.165, 1.54) is 15.9 Å². The number of aromatic amines is 1. The van der Waals surface area contributed by atoms with Gasteiger partial charge in [0.05, 0.1) is 12.1 Å². The molecule has 0 saturated carbocycles. The third kappa shape index (κ3) is 4.53. The van der Waals surface area contributed by atoms with Gasteiger partial charge in [-0.1, -0.05) is 35.9 Å². The van der Waals surface area contributed by atoms with Crippen molar-refractivity contribution in [1.82, 2.24) is 14.9 Å². The van der Waals surface area contributed by atoms with Crippen molar-refractivity contribution in [3.8, 4) is 0 Å². The number of benzene rings is 2. The summed E-state index contributed by atoms with van der Waals surface area (Å²) in [5, 5.41) is 5.48. The highest BCUT2D eigenvalue weighted by atomic mass is 35.5. The maximum absolute atomic E-state index is 12.7. The molecule has 1 amide bonds. The molecule has 30 heavy (non-hydrogen) atoms. The number of carbonyl (C=O) groups is 1. The molecule has 152 valence electrons. The van der Waals surface area contributed by atoms with Gasteiger partial charge in [-0.3, -0.25) is 14.2 Å². The quantitative estimate of drug-likeness (QED) is 0.410. The molecule has 2 aromatic heterocycles. The molecule has 2 aromatic carbocycles. The minimum absolute atomic E-state index is 0.104. The Morgan fingerprint density at radius 2 is 1.77 bits per heavy atom. The first kappa shape index (κ1) is 20.5. The number of halogens is 1. The number of H-pyrrole nitrogens is 1. The van der Waals surface area contributed by atoms with E-state index in [0.29, 0.717) is 33.1 Å². The van der Waals surface area contributed by atoms with Crippen molar-refractivity contribution in [1.29, 1.82) is 0 Å². The summed E-state index contributed by atoms with van der Waals surface area (Å²) in [4.78, 5) is 28.1. The van der Waals surface area contributed by atoms with E-state index in [0.717, 1.165) is 23.1 Å². The molecule has 0 saturated heterocycles. The van der Waals surface area contributed by atoms with E-state index < -0.39 is 0 Å². The zero-order valence-corrected chi connectivity index (χ0v) is 18.2. The van der Waals surface area contributed by atoms with Gasteiger partial charge >= 0.3 is 0 Å². The van der Waals surface area contributed by atoms with Gasteiger partial charge in [0.2, 0.25) is 0 Å². The Bertz CT molecular complexity index is 1310. The van der Waals surface area contributed by atoms with E-state index in [2.05, 4.69) is 10.3 Å². The van der Waals surface area contributed by atoms with Crippen LogP contribution in [-0.4, -0.2) is 22.0 Å². The molecule has 0 aliphatic rings. The molecule has 0 spiro atoms. The second-order valence-corrected chi connectivity index (χ2v) is 8.55. The fourth-order valence-electron chi connectivity index (χ4n) is 3.13. The van der Waals surface area contributed by atoms with Crippen LogP contribution in [-0.2, 0) is 13.0 Å². The molecule has 2 heterocycles. The summed E-state index contributed by atoms with van der Waals surface area (Å²) >= 11 is 12.6. The molecule has 0 aliphatic carbocycles. The number of thiophene rings is 1. The summed E-state index contributed by atoms with van der Waals surface area (Å²) < 4.78 is 2.57. The van der Waals surface area contributed by atoms with Crippen LogP contribution in [0.15, 0.2) is 64.8 Å². The topological polar surface area (TPSA) is 66.9 Å². The van der Waals surface area contributed by atoms with Crippen LogP contribution in [0.3, 0.4) is 0 Å². The number of nitrogens with one attached hydrogen (secondary N) is 2. The lowest BCUT2D eigenvalue weighted by Crippen LogP contribution is -2.25. The van der Waals surface area contributed by atoms with Crippen LogP contribution >= 0.6 is 35.2 Å². The summed E-state index contributed by atoms with van der Waals surface area (Å²) in [5.74, 6) is -0.134. The van der Waals surface area contributed by atoms with Crippen LogP contribution in [0.2, 0.25) is 5.02 Å². The molecule has 4 aromatic rings. The van der Waals surface area contributed by atoms with Crippen molar-refractivity contribution in [2.24, 2.45) is 0 Å². The van der Waals surface area contributed by atoms with Crippen molar-refractivity contribution >= 4 is 51.3 Å². The van der Waals surface area contributed by atoms with Crippen molar-refractivity contribution in [2.75, 3.05) is 6.54 Å². The smallest absolute Gasteiger partial charge is 0.272 e. The monoisotopic (exact) mass is 455 g/mol. The lowest BCUT2D eigenvalue weighted by Gasteiger charge is -2.09. The largest absolute Gasteiger partial charge is 0.352 e. The maximum Gasteiger partial charge on any atom is 0.272 e. The number of rotatable bonds is 6. The van der Waals surface area contributed by atoms with Crippen LogP contribution in [0, 0.1) is 4.77 Å². The van der Waals surface area contributed by atoms with Crippen LogP contribution in [0.25, 0.3) is 10.2 Å². The highest BCUT2D eigenvalue weighted by Crippen LogP contribution is 2.15. The first-order valence-corrected chi connectivity index (χ1v) is 11.0. The Kier molecular flexibility index (Phi) is 6.13. The third-order valence-corrected chi connectivity index (χ3v) is 6.24. The predicted molar refractivity (Wildman–Crippen MR) is 124 cm³/mol. The Hall–Kier alpha value is -2.74. The maximum atomic E-state index is 12.7. The van der Waals surface area contributed by atoms with E-state index in [1.807, 2.05) is 47.8 Å². The minimum Gasteiger partial charge on any atom is -0.352 e.